The summed E-state index contributed by atoms with van der Waals surface area (Å²) in [6.45, 7) is 0. The Morgan fingerprint density at radius 1 is 1.67 bits per heavy atom. The first kappa shape index (κ1) is 6.91. The SMILES string of the molecule is N#C[C@]1(N)CCCSC1. The first-order chi connectivity index (χ1) is 4.27. The van der Waals surface area contributed by atoms with Gasteiger partial charge >= 0.3 is 0 Å². The summed E-state index contributed by atoms with van der Waals surface area (Å²) in [4.78, 5) is 0. The van der Waals surface area contributed by atoms with Crippen molar-refractivity contribution in [3.05, 3.63) is 0 Å². The molecular formula is C6H10N2S. The Hall–Kier alpha value is -0.200. The number of rotatable bonds is 0. The van der Waals surface area contributed by atoms with Crippen LogP contribution in [0, 0.1) is 11.3 Å². The van der Waals surface area contributed by atoms with E-state index in [1.54, 1.807) is 11.8 Å². The number of hydrogen-bond donors (Lipinski definition) is 1. The average molecular weight is 142 g/mol. The Kier molecular flexibility index (Phi) is 1.99. The molecule has 9 heavy (non-hydrogen) atoms. The van der Waals surface area contributed by atoms with E-state index < -0.39 is 5.54 Å². The van der Waals surface area contributed by atoms with E-state index in [9.17, 15) is 0 Å². The molecule has 1 atom stereocenters. The molecule has 1 rings (SSSR count). The molecule has 1 aliphatic heterocycles. The summed E-state index contributed by atoms with van der Waals surface area (Å²) in [6, 6.07) is 2.14. The maximum Gasteiger partial charge on any atom is 0.113 e. The number of nitrogens with two attached hydrogens (primary N) is 1. The second-order valence-electron chi connectivity index (χ2n) is 2.42. The van der Waals surface area contributed by atoms with E-state index in [-0.39, 0.29) is 0 Å². The Morgan fingerprint density at radius 2 is 2.44 bits per heavy atom. The molecule has 0 aromatic heterocycles. The Bertz CT molecular complexity index is 132. The van der Waals surface area contributed by atoms with Gasteiger partial charge in [-0.05, 0) is 18.6 Å². The predicted octanol–water partition coefficient (Wildman–Crippen LogP) is 0.734. The van der Waals surface area contributed by atoms with Crippen LogP contribution in [0.2, 0.25) is 0 Å². The standard InChI is InChI=1S/C6H10N2S/c7-4-6(8)2-1-3-9-5-6/h1-3,5,8H2/t6-/m1/s1. The first-order valence-corrected chi connectivity index (χ1v) is 4.20. The molecule has 0 aromatic carbocycles. The Balaban J connectivity index is 2.49. The van der Waals surface area contributed by atoms with E-state index in [0.29, 0.717) is 0 Å². The highest BCUT2D eigenvalue weighted by Crippen LogP contribution is 2.23. The summed E-state index contributed by atoms with van der Waals surface area (Å²) in [7, 11) is 0. The van der Waals surface area contributed by atoms with Gasteiger partial charge < -0.3 is 5.73 Å². The summed E-state index contributed by atoms with van der Waals surface area (Å²) < 4.78 is 0. The molecule has 0 amide bonds. The first-order valence-electron chi connectivity index (χ1n) is 3.05. The Morgan fingerprint density at radius 3 is 2.78 bits per heavy atom. The second kappa shape index (κ2) is 2.59. The quantitative estimate of drug-likeness (QED) is 0.542. The monoisotopic (exact) mass is 142 g/mol. The Labute approximate surface area is 59.4 Å². The highest BCUT2D eigenvalue weighted by molar-refractivity contribution is 7.99. The zero-order valence-corrected chi connectivity index (χ0v) is 6.08. The van der Waals surface area contributed by atoms with Crippen molar-refractivity contribution in [2.24, 2.45) is 5.73 Å². The van der Waals surface area contributed by atoms with Gasteiger partial charge in [0.05, 0.1) is 6.07 Å². The van der Waals surface area contributed by atoms with Gasteiger partial charge in [0.2, 0.25) is 0 Å². The number of nitrogens with zero attached hydrogens (tertiary/aromatic N) is 1. The van der Waals surface area contributed by atoms with Gasteiger partial charge in [-0.1, -0.05) is 0 Å². The third-order valence-corrected chi connectivity index (χ3v) is 2.79. The molecular weight excluding hydrogens is 132 g/mol. The normalized spacial score (nSPS) is 35.6. The lowest BCUT2D eigenvalue weighted by Crippen LogP contribution is -2.42. The summed E-state index contributed by atoms with van der Waals surface area (Å²) in [5, 5.41) is 8.56. The van der Waals surface area contributed by atoms with Gasteiger partial charge in [-0.2, -0.15) is 17.0 Å². The molecule has 0 bridgehead atoms. The highest BCUT2D eigenvalue weighted by Gasteiger charge is 2.26. The summed E-state index contributed by atoms with van der Waals surface area (Å²) in [5.74, 6) is 1.98. The largest absolute Gasteiger partial charge is 0.313 e. The third-order valence-electron chi connectivity index (χ3n) is 1.49. The predicted molar refractivity (Wildman–Crippen MR) is 39.1 cm³/mol. The molecule has 2 N–H and O–H groups in total. The highest BCUT2D eigenvalue weighted by atomic mass is 32.2. The van der Waals surface area contributed by atoms with Crippen molar-refractivity contribution in [3.8, 4) is 6.07 Å². The van der Waals surface area contributed by atoms with Crippen molar-refractivity contribution in [2.45, 2.75) is 18.4 Å². The zero-order chi connectivity index (χ0) is 6.74. The van der Waals surface area contributed by atoms with Crippen molar-refractivity contribution in [1.82, 2.24) is 0 Å². The van der Waals surface area contributed by atoms with Crippen molar-refractivity contribution in [2.75, 3.05) is 11.5 Å². The zero-order valence-electron chi connectivity index (χ0n) is 5.26. The molecule has 0 saturated carbocycles. The smallest absolute Gasteiger partial charge is 0.113 e. The molecule has 2 nitrogen and oxygen atoms in total. The van der Waals surface area contributed by atoms with Crippen LogP contribution in [0.3, 0.4) is 0 Å². The third kappa shape index (κ3) is 1.60. The number of nitriles is 1. The number of thioether (sulfide) groups is 1. The van der Waals surface area contributed by atoms with Gasteiger partial charge in [0.25, 0.3) is 0 Å². The minimum absolute atomic E-state index is 0.511. The van der Waals surface area contributed by atoms with E-state index in [1.807, 2.05) is 0 Å². The molecule has 0 unspecified atom stereocenters. The van der Waals surface area contributed by atoms with Crippen LogP contribution >= 0.6 is 11.8 Å². The van der Waals surface area contributed by atoms with E-state index in [2.05, 4.69) is 6.07 Å². The average Bonchev–Trinajstić information content (AvgIpc) is 1.90. The van der Waals surface area contributed by atoms with Crippen LogP contribution in [-0.4, -0.2) is 17.0 Å². The lowest BCUT2D eigenvalue weighted by atomic mass is 9.99. The molecule has 1 fully saturated rings. The topological polar surface area (TPSA) is 49.8 Å². The summed E-state index contributed by atoms with van der Waals surface area (Å²) in [6.07, 6.45) is 1.96. The lowest BCUT2D eigenvalue weighted by molar-refractivity contribution is 0.536. The van der Waals surface area contributed by atoms with Crippen LogP contribution in [-0.2, 0) is 0 Å². The van der Waals surface area contributed by atoms with Gasteiger partial charge in [0.1, 0.15) is 5.54 Å². The molecule has 1 saturated heterocycles. The molecule has 50 valence electrons. The van der Waals surface area contributed by atoms with Gasteiger partial charge in [0.15, 0.2) is 0 Å². The molecule has 0 aliphatic carbocycles. The molecule has 0 spiro atoms. The minimum Gasteiger partial charge on any atom is -0.313 e. The van der Waals surface area contributed by atoms with Gasteiger partial charge in [-0.25, -0.2) is 0 Å². The van der Waals surface area contributed by atoms with Crippen LogP contribution < -0.4 is 5.73 Å². The summed E-state index contributed by atoms with van der Waals surface area (Å²) >= 11 is 1.78. The number of hydrogen-bond acceptors (Lipinski definition) is 3. The van der Waals surface area contributed by atoms with Crippen LogP contribution in [0.25, 0.3) is 0 Å². The fraction of sp³-hybridized carbons (Fsp3) is 0.833. The van der Waals surface area contributed by atoms with E-state index in [4.69, 9.17) is 11.0 Å². The van der Waals surface area contributed by atoms with Crippen LogP contribution in [0.5, 0.6) is 0 Å². The maximum atomic E-state index is 8.56. The minimum atomic E-state index is -0.511. The van der Waals surface area contributed by atoms with Crippen molar-refractivity contribution >= 4 is 11.8 Å². The van der Waals surface area contributed by atoms with Crippen LogP contribution in [0.4, 0.5) is 0 Å². The molecule has 0 aromatic rings. The van der Waals surface area contributed by atoms with Crippen molar-refractivity contribution < 1.29 is 0 Å². The molecule has 0 radical (unpaired) electrons. The second-order valence-corrected chi connectivity index (χ2v) is 3.53. The van der Waals surface area contributed by atoms with Crippen LogP contribution in [0.1, 0.15) is 12.8 Å². The van der Waals surface area contributed by atoms with E-state index in [1.165, 1.54) is 5.75 Å². The van der Waals surface area contributed by atoms with Crippen LogP contribution in [0.15, 0.2) is 0 Å². The van der Waals surface area contributed by atoms with Gasteiger partial charge in [-0.3, -0.25) is 0 Å². The van der Waals surface area contributed by atoms with E-state index >= 15 is 0 Å². The fourth-order valence-corrected chi connectivity index (χ4v) is 1.97. The van der Waals surface area contributed by atoms with Crippen molar-refractivity contribution in [3.63, 3.8) is 0 Å². The maximum absolute atomic E-state index is 8.56. The fourth-order valence-electron chi connectivity index (χ4n) is 0.904. The summed E-state index contributed by atoms with van der Waals surface area (Å²) in [5.41, 5.74) is 5.17. The van der Waals surface area contributed by atoms with Gasteiger partial charge in [0, 0.05) is 5.75 Å². The van der Waals surface area contributed by atoms with Gasteiger partial charge in [-0.15, -0.1) is 0 Å². The molecule has 1 aliphatic rings. The lowest BCUT2D eigenvalue weighted by Gasteiger charge is -2.24. The van der Waals surface area contributed by atoms with E-state index in [0.717, 1.165) is 18.6 Å². The molecule has 1 heterocycles. The molecule has 3 heteroatoms. The van der Waals surface area contributed by atoms with Crippen molar-refractivity contribution in [1.29, 1.82) is 5.26 Å².